The van der Waals surface area contributed by atoms with Crippen LogP contribution in [0.25, 0.3) is 0 Å². The topological polar surface area (TPSA) is 15.3 Å². The maximum Gasteiger partial charge on any atom is 0.0244 e. The minimum atomic E-state index is 0.360. The van der Waals surface area contributed by atoms with Crippen molar-refractivity contribution in [2.45, 2.75) is 79.3 Å². The predicted molar refractivity (Wildman–Crippen MR) is 92.6 cm³/mol. The van der Waals surface area contributed by atoms with Crippen molar-refractivity contribution < 1.29 is 0 Å². The normalized spacial score (nSPS) is 36.1. The van der Waals surface area contributed by atoms with Crippen LogP contribution in [0.4, 0.5) is 0 Å². The van der Waals surface area contributed by atoms with E-state index in [9.17, 15) is 0 Å². The summed E-state index contributed by atoms with van der Waals surface area (Å²) in [5, 5.41) is 3.83. The Morgan fingerprint density at radius 2 is 1.81 bits per heavy atom. The summed E-state index contributed by atoms with van der Waals surface area (Å²) in [6.07, 6.45) is 5.81. The van der Waals surface area contributed by atoms with Gasteiger partial charge in [0.15, 0.2) is 0 Å². The van der Waals surface area contributed by atoms with Gasteiger partial charge in [0.05, 0.1) is 0 Å². The number of nitrogens with zero attached hydrogens (tertiary/aromatic N) is 1. The fourth-order valence-corrected chi connectivity index (χ4v) is 4.24. The van der Waals surface area contributed by atoms with Crippen molar-refractivity contribution in [1.82, 2.24) is 10.2 Å². The van der Waals surface area contributed by atoms with Crippen molar-refractivity contribution in [2.75, 3.05) is 19.6 Å². The van der Waals surface area contributed by atoms with Gasteiger partial charge in [0.25, 0.3) is 0 Å². The molecule has 0 aromatic heterocycles. The van der Waals surface area contributed by atoms with Gasteiger partial charge in [-0.05, 0) is 29.6 Å². The van der Waals surface area contributed by atoms with Crippen molar-refractivity contribution in [3.63, 3.8) is 0 Å². The molecular weight excluding hydrogens is 256 g/mol. The van der Waals surface area contributed by atoms with Gasteiger partial charge < -0.3 is 5.32 Å². The Bertz CT molecular complexity index is 318. The molecule has 0 aromatic carbocycles. The molecule has 1 N–H and O–H groups in total. The molecule has 1 aliphatic carbocycles. The number of nitrogens with one attached hydrogen (secondary N) is 1. The lowest BCUT2D eigenvalue weighted by atomic mass is 9.78. The molecule has 2 aliphatic rings. The zero-order valence-corrected chi connectivity index (χ0v) is 15.3. The highest BCUT2D eigenvalue weighted by Gasteiger charge is 2.36. The monoisotopic (exact) mass is 294 g/mol. The summed E-state index contributed by atoms with van der Waals surface area (Å²) in [4.78, 5) is 2.84. The van der Waals surface area contributed by atoms with E-state index in [1.807, 2.05) is 0 Å². The highest BCUT2D eigenvalue weighted by atomic mass is 15.2. The fraction of sp³-hybridized carbons (Fsp3) is 1.00. The average molecular weight is 295 g/mol. The van der Waals surface area contributed by atoms with Gasteiger partial charge in [-0.25, -0.2) is 0 Å². The van der Waals surface area contributed by atoms with Crippen LogP contribution in [-0.2, 0) is 0 Å². The molecule has 2 fully saturated rings. The van der Waals surface area contributed by atoms with Crippen LogP contribution in [0, 0.1) is 23.2 Å². The molecule has 1 heterocycles. The molecule has 0 radical (unpaired) electrons. The maximum atomic E-state index is 3.83. The Balaban J connectivity index is 2.03. The zero-order chi connectivity index (χ0) is 15.6. The molecule has 2 heteroatoms. The summed E-state index contributed by atoms with van der Waals surface area (Å²) >= 11 is 0. The minimum absolute atomic E-state index is 0.360. The summed E-state index contributed by atoms with van der Waals surface area (Å²) in [5.41, 5.74) is 0.360. The Hall–Kier alpha value is -0.0800. The molecular formula is C19H38N2. The molecule has 124 valence electrons. The maximum absolute atomic E-state index is 3.83. The molecule has 2 rings (SSSR count). The van der Waals surface area contributed by atoms with Crippen LogP contribution in [-0.4, -0.2) is 36.6 Å². The Morgan fingerprint density at radius 3 is 2.38 bits per heavy atom. The second kappa shape index (κ2) is 7.00. The van der Waals surface area contributed by atoms with Crippen LogP contribution in [0.1, 0.15) is 67.2 Å². The third-order valence-corrected chi connectivity index (χ3v) is 6.03. The first-order valence-corrected chi connectivity index (χ1v) is 9.26. The highest BCUT2D eigenvalue weighted by Crippen LogP contribution is 2.33. The summed E-state index contributed by atoms with van der Waals surface area (Å²) in [6, 6.07) is 1.35. The van der Waals surface area contributed by atoms with Gasteiger partial charge in [0, 0.05) is 31.7 Å². The predicted octanol–water partition coefficient (Wildman–Crippen LogP) is 4.16. The van der Waals surface area contributed by atoms with Crippen molar-refractivity contribution in [2.24, 2.45) is 23.2 Å². The van der Waals surface area contributed by atoms with Crippen LogP contribution < -0.4 is 5.32 Å². The number of hydrogen-bond acceptors (Lipinski definition) is 2. The van der Waals surface area contributed by atoms with E-state index < -0.39 is 0 Å². The summed E-state index contributed by atoms with van der Waals surface area (Å²) in [6.45, 7) is 18.1. The fourth-order valence-electron chi connectivity index (χ4n) is 4.24. The SMILES string of the molecule is CC(C)C1CNC(C(C)(C)C)CN1CC1CCCCC1C. The molecule has 0 spiro atoms. The van der Waals surface area contributed by atoms with Crippen molar-refractivity contribution in [1.29, 1.82) is 0 Å². The van der Waals surface area contributed by atoms with E-state index in [-0.39, 0.29) is 0 Å². The number of hydrogen-bond donors (Lipinski definition) is 1. The van der Waals surface area contributed by atoms with E-state index >= 15 is 0 Å². The second-order valence-electron chi connectivity index (χ2n) is 9.11. The van der Waals surface area contributed by atoms with Crippen LogP contribution in [0.15, 0.2) is 0 Å². The quantitative estimate of drug-likeness (QED) is 0.841. The van der Waals surface area contributed by atoms with Gasteiger partial charge in [0.1, 0.15) is 0 Å². The van der Waals surface area contributed by atoms with Gasteiger partial charge in [-0.3, -0.25) is 4.90 Å². The third-order valence-electron chi connectivity index (χ3n) is 6.03. The molecule has 1 saturated carbocycles. The van der Waals surface area contributed by atoms with Crippen molar-refractivity contribution in [3.8, 4) is 0 Å². The van der Waals surface area contributed by atoms with Gasteiger partial charge in [-0.1, -0.05) is 60.8 Å². The average Bonchev–Trinajstić information content (AvgIpc) is 2.40. The van der Waals surface area contributed by atoms with Gasteiger partial charge in [0.2, 0.25) is 0 Å². The molecule has 0 aromatic rings. The number of piperazine rings is 1. The first-order valence-electron chi connectivity index (χ1n) is 9.26. The minimum Gasteiger partial charge on any atom is -0.311 e. The molecule has 0 amide bonds. The van der Waals surface area contributed by atoms with E-state index in [0.717, 1.165) is 23.8 Å². The largest absolute Gasteiger partial charge is 0.311 e. The van der Waals surface area contributed by atoms with E-state index in [1.165, 1.54) is 45.3 Å². The Kier molecular flexibility index (Phi) is 5.76. The summed E-state index contributed by atoms with van der Waals surface area (Å²) in [5.74, 6) is 2.60. The molecule has 4 unspecified atom stereocenters. The van der Waals surface area contributed by atoms with Gasteiger partial charge >= 0.3 is 0 Å². The Labute approximate surface area is 133 Å². The second-order valence-corrected chi connectivity index (χ2v) is 9.11. The van der Waals surface area contributed by atoms with Crippen LogP contribution >= 0.6 is 0 Å². The molecule has 21 heavy (non-hydrogen) atoms. The lowest BCUT2D eigenvalue weighted by Crippen LogP contribution is -2.62. The van der Waals surface area contributed by atoms with Gasteiger partial charge in [-0.2, -0.15) is 0 Å². The van der Waals surface area contributed by atoms with Crippen LogP contribution in [0.2, 0.25) is 0 Å². The standard InChI is InChI=1S/C19H38N2/c1-14(2)17-11-20-18(19(4,5)6)13-21(17)12-16-10-8-7-9-15(16)3/h14-18,20H,7-13H2,1-6H3. The van der Waals surface area contributed by atoms with E-state index in [0.29, 0.717) is 11.5 Å². The Morgan fingerprint density at radius 1 is 1.14 bits per heavy atom. The lowest BCUT2D eigenvalue weighted by Gasteiger charge is -2.48. The van der Waals surface area contributed by atoms with Crippen LogP contribution in [0.3, 0.4) is 0 Å². The third kappa shape index (κ3) is 4.45. The first-order chi connectivity index (χ1) is 9.79. The smallest absolute Gasteiger partial charge is 0.0244 e. The molecule has 1 aliphatic heterocycles. The van der Waals surface area contributed by atoms with Crippen molar-refractivity contribution >= 4 is 0 Å². The lowest BCUT2D eigenvalue weighted by molar-refractivity contribution is 0.0366. The van der Waals surface area contributed by atoms with E-state index in [2.05, 4.69) is 51.8 Å². The van der Waals surface area contributed by atoms with E-state index in [4.69, 9.17) is 0 Å². The van der Waals surface area contributed by atoms with Gasteiger partial charge in [-0.15, -0.1) is 0 Å². The highest BCUT2D eigenvalue weighted by molar-refractivity contribution is 4.94. The molecule has 4 atom stereocenters. The number of rotatable bonds is 3. The summed E-state index contributed by atoms with van der Waals surface area (Å²) < 4.78 is 0. The van der Waals surface area contributed by atoms with E-state index in [1.54, 1.807) is 0 Å². The molecule has 2 nitrogen and oxygen atoms in total. The van der Waals surface area contributed by atoms with Crippen molar-refractivity contribution in [3.05, 3.63) is 0 Å². The first kappa shape index (κ1) is 17.3. The molecule has 0 bridgehead atoms. The zero-order valence-electron chi connectivity index (χ0n) is 15.3. The summed E-state index contributed by atoms with van der Waals surface area (Å²) in [7, 11) is 0. The molecule has 1 saturated heterocycles. The van der Waals surface area contributed by atoms with Crippen LogP contribution in [0.5, 0.6) is 0 Å².